The summed E-state index contributed by atoms with van der Waals surface area (Å²) in [5.74, 6) is -2.87. The molecule has 2 aliphatic heterocycles. The summed E-state index contributed by atoms with van der Waals surface area (Å²) < 4.78 is 28.0. The molecule has 0 aromatic heterocycles. The molecule has 0 unspecified atom stereocenters. The van der Waals surface area contributed by atoms with Gasteiger partial charge in [0.15, 0.2) is 11.6 Å². The van der Waals surface area contributed by atoms with Gasteiger partial charge in [0.2, 0.25) is 0 Å². The Balaban J connectivity index is 1.81. The maximum Gasteiger partial charge on any atom is 0.327 e. The SMILES string of the molecule is Cc1ccc(C(=O)N2CCC3(CC2)C(=O)N(C)C(=O)N3CC(C)C)c(F)c1F. The number of benzene rings is 1. The molecule has 2 saturated heterocycles. The highest BCUT2D eigenvalue weighted by atomic mass is 19.2. The molecule has 0 bridgehead atoms. The normalized spacial score (nSPS) is 19.3. The summed E-state index contributed by atoms with van der Waals surface area (Å²) in [7, 11) is 1.47. The van der Waals surface area contributed by atoms with Gasteiger partial charge in [-0.2, -0.15) is 0 Å². The second-order valence-electron chi connectivity index (χ2n) is 8.03. The van der Waals surface area contributed by atoms with Crippen LogP contribution in [0.1, 0.15) is 42.6 Å². The van der Waals surface area contributed by atoms with Gasteiger partial charge in [0.25, 0.3) is 11.8 Å². The van der Waals surface area contributed by atoms with Crippen molar-refractivity contribution in [3.63, 3.8) is 0 Å². The van der Waals surface area contributed by atoms with Gasteiger partial charge in [-0.05, 0) is 37.3 Å². The molecule has 1 aromatic carbocycles. The summed E-state index contributed by atoms with van der Waals surface area (Å²) in [5.41, 5.74) is -1.15. The number of aryl methyl sites for hydroxylation is 1. The molecule has 2 fully saturated rings. The third-order valence-electron chi connectivity index (χ3n) is 5.67. The van der Waals surface area contributed by atoms with E-state index in [-0.39, 0.29) is 54.9 Å². The largest absolute Gasteiger partial charge is 0.338 e. The Morgan fingerprint density at radius 2 is 1.75 bits per heavy atom. The predicted molar refractivity (Wildman–Crippen MR) is 98.7 cm³/mol. The highest BCUT2D eigenvalue weighted by molar-refractivity contribution is 6.07. The number of amides is 4. The van der Waals surface area contributed by atoms with E-state index in [9.17, 15) is 23.2 Å². The van der Waals surface area contributed by atoms with Crippen LogP contribution in [0.4, 0.5) is 13.6 Å². The smallest absolute Gasteiger partial charge is 0.327 e. The maximum absolute atomic E-state index is 14.2. The molecule has 152 valence electrons. The number of piperidine rings is 1. The predicted octanol–water partition coefficient (Wildman–Crippen LogP) is 2.80. The van der Waals surface area contributed by atoms with Crippen molar-refractivity contribution < 1.29 is 23.2 Å². The van der Waals surface area contributed by atoms with Gasteiger partial charge < -0.3 is 9.80 Å². The van der Waals surface area contributed by atoms with Crippen molar-refractivity contribution in [3.8, 4) is 0 Å². The lowest BCUT2D eigenvalue weighted by Gasteiger charge is -2.42. The van der Waals surface area contributed by atoms with Crippen LogP contribution < -0.4 is 0 Å². The molecule has 2 aliphatic rings. The van der Waals surface area contributed by atoms with Gasteiger partial charge in [0, 0.05) is 26.7 Å². The van der Waals surface area contributed by atoms with Crippen molar-refractivity contribution in [1.29, 1.82) is 0 Å². The Hall–Kier alpha value is -2.51. The topological polar surface area (TPSA) is 60.9 Å². The van der Waals surface area contributed by atoms with E-state index in [1.54, 1.807) is 4.90 Å². The van der Waals surface area contributed by atoms with Crippen molar-refractivity contribution in [2.45, 2.75) is 39.2 Å². The van der Waals surface area contributed by atoms with Crippen molar-refractivity contribution in [2.24, 2.45) is 5.92 Å². The molecule has 2 heterocycles. The van der Waals surface area contributed by atoms with Gasteiger partial charge in [-0.1, -0.05) is 19.9 Å². The van der Waals surface area contributed by atoms with Crippen LogP contribution in [-0.4, -0.2) is 64.8 Å². The Labute approximate surface area is 163 Å². The molecule has 1 aromatic rings. The zero-order chi connectivity index (χ0) is 20.8. The van der Waals surface area contributed by atoms with E-state index in [0.29, 0.717) is 6.54 Å². The summed E-state index contributed by atoms with van der Waals surface area (Å²) in [6.07, 6.45) is 0.548. The second-order valence-corrected chi connectivity index (χ2v) is 8.03. The van der Waals surface area contributed by atoms with E-state index in [2.05, 4.69) is 0 Å². The number of likely N-dealkylation sites (N-methyl/N-ethyl adjacent to an activating group) is 1. The lowest BCUT2D eigenvalue weighted by atomic mass is 9.85. The third kappa shape index (κ3) is 3.04. The second kappa shape index (κ2) is 7.14. The van der Waals surface area contributed by atoms with Gasteiger partial charge in [0.05, 0.1) is 5.56 Å². The molecule has 0 atom stereocenters. The summed E-state index contributed by atoms with van der Waals surface area (Å²) in [6.45, 7) is 6.19. The van der Waals surface area contributed by atoms with Crippen LogP contribution in [0.2, 0.25) is 0 Å². The first-order valence-electron chi connectivity index (χ1n) is 9.44. The summed E-state index contributed by atoms with van der Waals surface area (Å²) in [4.78, 5) is 42.2. The monoisotopic (exact) mass is 393 g/mol. The standard InChI is InChI=1S/C20H25F2N3O3/c1-12(2)11-25-19(28)23(4)18(27)20(25)7-9-24(10-8-20)17(26)14-6-5-13(3)15(21)16(14)22/h5-6,12H,7-11H2,1-4H3. The first-order chi connectivity index (χ1) is 13.1. The number of hydrogen-bond acceptors (Lipinski definition) is 3. The van der Waals surface area contributed by atoms with Gasteiger partial charge in [-0.15, -0.1) is 0 Å². The summed E-state index contributed by atoms with van der Waals surface area (Å²) in [5, 5.41) is 0. The van der Waals surface area contributed by atoms with Gasteiger partial charge in [-0.3, -0.25) is 14.5 Å². The van der Waals surface area contributed by atoms with Gasteiger partial charge in [-0.25, -0.2) is 13.6 Å². The number of likely N-dealkylation sites (tertiary alicyclic amines) is 1. The average Bonchev–Trinajstić information content (AvgIpc) is 2.82. The van der Waals surface area contributed by atoms with Crippen molar-refractivity contribution in [3.05, 3.63) is 34.9 Å². The molecule has 3 rings (SSSR count). The number of imide groups is 1. The number of rotatable bonds is 3. The lowest BCUT2D eigenvalue weighted by molar-refractivity contribution is -0.134. The minimum Gasteiger partial charge on any atom is -0.338 e. The Morgan fingerprint density at radius 3 is 2.32 bits per heavy atom. The molecule has 0 radical (unpaired) electrons. The summed E-state index contributed by atoms with van der Waals surface area (Å²) >= 11 is 0. The molecule has 4 amide bonds. The Kier molecular flexibility index (Phi) is 5.16. The molecular formula is C20H25F2N3O3. The van der Waals surface area contributed by atoms with Crippen LogP contribution in [-0.2, 0) is 4.79 Å². The van der Waals surface area contributed by atoms with Crippen LogP contribution >= 0.6 is 0 Å². The van der Waals surface area contributed by atoms with E-state index in [0.717, 1.165) is 4.90 Å². The van der Waals surface area contributed by atoms with Crippen LogP contribution in [0.5, 0.6) is 0 Å². The van der Waals surface area contributed by atoms with Crippen molar-refractivity contribution in [2.75, 3.05) is 26.7 Å². The maximum atomic E-state index is 14.2. The zero-order valence-electron chi connectivity index (χ0n) is 16.6. The number of nitrogens with zero attached hydrogens (tertiary/aromatic N) is 3. The van der Waals surface area contributed by atoms with Crippen molar-refractivity contribution in [1.82, 2.24) is 14.7 Å². The molecule has 1 spiro atoms. The molecular weight excluding hydrogens is 368 g/mol. The van der Waals surface area contributed by atoms with E-state index in [1.165, 1.54) is 31.0 Å². The lowest BCUT2D eigenvalue weighted by Crippen LogP contribution is -2.58. The zero-order valence-corrected chi connectivity index (χ0v) is 16.6. The quantitative estimate of drug-likeness (QED) is 0.742. The fraction of sp³-hybridized carbons (Fsp3) is 0.550. The van der Waals surface area contributed by atoms with E-state index >= 15 is 0 Å². The Bertz CT molecular complexity index is 832. The number of carbonyl (C=O) groups is 3. The van der Waals surface area contributed by atoms with E-state index in [1.807, 2.05) is 13.8 Å². The minimum atomic E-state index is -1.15. The number of carbonyl (C=O) groups excluding carboxylic acids is 3. The number of halogens is 2. The van der Waals surface area contributed by atoms with Gasteiger partial charge >= 0.3 is 6.03 Å². The minimum absolute atomic E-state index is 0.133. The highest BCUT2D eigenvalue weighted by Crippen LogP contribution is 2.37. The van der Waals surface area contributed by atoms with Crippen LogP contribution in [0, 0.1) is 24.5 Å². The van der Waals surface area contributed by atoms with E-state index < -0.39 is 23.1 Å². The molecule has 0 aliphatic carbocycles. The summed E-state index contributed by atoms with van der Waals surface area (Å²) in [6, 6.07) is 2.32. The van der Waals surface area contributed by atoms with Gasteiger partial charge in [0.1, 0.15) is 5.54 Å². The Morgan fingerprint density at radius 1 is 1.14 bits per heavy atom. The molecule has 6 nitrogen and oxygen atoms in total. The first-order valence-corrected chi connectivity index (χ1v) is 9.44. The van der Waals surface area contributed by atoms with Crippen molar-refractivity contribution >= 4 is 17.8 Å². The molecule has 0 saturated carbocycles. The number of urea groups is 1. The fourth-order valence-corrected chi connectivity index (χ4v) is 4.04. The molecule has 8 heteroatoms. The molecule has 0 N–H and O–H groups in total. The third-order valence-corrected chi connectivity index (χ3v) is 5.67. The fourth-order valence-electron chi connectivity index (χ4n) is 4.04. The number of hydrogen-bond donors (Lipinski definition) is 0. The van der Waals surface area contributed by atoms with Crippen LogP contribution in [0.25, 0.3) is 0 Å². The van der Waals surface area contributed by atoms with E-state index in [4.69, 9.17) is 0 Å². The van der Waals surface area contributed by atoms with Crippen LogP contribution in [0.3, 0.4) is 0 Å². The average molecular weight is 393 g/mol. The molecule has 28 heavy (non-hydrogen) atoms. The van der Waals surface area contributed by atoms with Crippen LogP contribution in [0.15, 0.2) is 12.1 Å². The first kappa shape index (κ1) is 20.2. The highest BCUT2D eigenvalue weighted by Gasteiger charge is 2.57.